The van der Waals surface area contributed by atoms with Crippen LogP contribution in [0.15, 0.2) is 11.1 Å². The van der Waals surface area contributed by atoms with Crippen molar-refractivity contribution in [3.8, 4) is 0 Å². The van der Waals surface area contributed by atoms with Crippen LogP contribution in [0.4, 0.5) is 0 Å². The summed E-state index contributed by atoms with van der Waals surface area (Å²) in [6.07, 6.45) is 5.09. The minimum absolute atomic E-state index is 0.0383. The Morgan fingerprint density at radius 1 is 1.09 bits per heavy atom. The maximum absolute atomic E-state index is 11.1. The van der Waals surface area contributed by atoms with Crippen LogP contribution in [0.5, 0.6) is 0 Å². The number of fused-ring (bicyclic) bond motifs is 5. The Morgan fingerprint density at radius 3 is 2.57 bits per heavy atom. The second-order valence-corrected chi connectivity index (χ2v) is 9.24. The van der Waals surface area contributed by atoms with E-state index in [-0.39, 0.29) is 11.5 Å². The number of rotatable bonds is 0. The first-order valence-corrected chi connectivity index (χ1v) is 9.52. The zero-order valence-electron chi connectivity index (χ0n) is 15.0. The average molecular weight is 320 g/mol. The highest BCUT2D eigenvalue weighted by Gasteiger charge is 2.67. The Morgan fingerprint density at radius 2 is 1.83 bits per heavy atom. The summed E-state index contributed by atoms with van der Waals surface area (Å²) in [5.41, 5.74) is 2.18. The van der Waals surface area contributed by atoms with Crippen molar-refractivity contribution in [1.82, 2.24) is 0 Å². The molecule has 130 valence electrons. The second-order valence-electron chi connectivity index (χ2n) is 9.24. The molecule has 3 heteroatoms. The van der Waals surface area contributed by atoms with Gasteiger partial charge in [-0.25, -0.2) is 0 Å². The molecule has 23 heavy (non-hydrogen) atoms. The molecule has 0 amide bonds. The predicted molar refractivity (Wildman–Crippen MR) is 89.9 cm³/mol. The lowest BCUT2D eigenvalue weighted by molar-refractivity contribution is -0.263. The SMILES string of the molecule is CC1=C2CCC(C)CCC(O)C3(C)OC(C2O)C2(C)CCC3C12. The van der Waals surface area contributed by atoms with E-state index in [0.717, 1.165) is 38.5 Å². The molecule has 2 N–H and O–H groups in total. The van der Waals surface area contributed by atoms with Gasteiger partial charge in [0.2, 0.25) is 0 Å². The van der Waals surface area contributed by atoms with Crippen LogP contribution in [0.2, 0.25) is 0 Å². The summed E-state index contributed by atoms with van der Waals surface area (Å²) in [5, 5.41) is 22.1. The summed E-state index contributed by atoms with van der Waals surface area (Å²) in [4.78, 5) is 0. The third-order valence-electron chi connectivity index (χ3n) is 7.99. The molecule has 3 nitrogen and oxygen atoms in total. The standard InChI is InChI=1S/C20H32O3/c1-11-5-7-13-12(2)16-14-9-10-19(16,3)18(17(13)22)23-20(14,4)15(21)8-6-11/h11,14-18,21-22H,5-10H2,1-4H3. The van der Waals surface area contributed by atoms with Crippen molar-refractivity contribution in [3.63, 3.8) is 0 Å². The monoisotopic (exact) mass is 320 g/mol. The normalized spacial score (nSPS) is 56.1. The van der Waals surface area contributed by atoms with Crippen LogP contribution < -0.4 is 0 Å². The predicted octanol–water partition coefficient (Wildman–Crippen LogP) is 3.44. The van der Waals surface area contributed by atoms with Crippen molar-refractivity contribution >= 4 is 0 Å². The maximum Gasteiger partial charge on any atom is 0.102 e. The lowest BCUT2D eigenvalue weighted by atomic mass is 9.57. The second kappa shape index (κ2) is 5.06. The summed E-state index contributed by atoms with van der Waals surface area (Å²) in [6.45, 7) is 8.94. The van der Waals surface area contributed by atoms with Gasteiger partial charge >= 0.3 is 0 Å². The van der Waals surface area contributed by atoms with E-state index in [9.17, 15) is 10.2 Å². The zero-order valence-corrected chi connectivity index (χ0v) is 15.0. The van der Waals surface area contributed by atoms with Gasteiger partial charge in [-0.2, -0.15) is 0 Å². The van der Waals surface area contributed by atoms with Gasteiger partial charge in [0.05, 0.1) is 17.8 Å². The van der Waals surface area contributed by atoms with Gasteiger partial charge in [0.1, 0.15) is 6.10 Å². The molecule has 0 aromatic rings. The molecule has 3 fully saturated rings. The highest BCUT2D eigenvalue weighted by atomic mass is 16.5. The Kier molecular flexibility index (Phi) is 3.54. The number of hydrogen-bond donors (Lipinski definition) is 2. The fourth-order valence-electron chi connectivity index (χ4n) is 6.46. The van der Waals surface area contributed by atoms with Gasteiger partial charge in [0.25, 0.3) is 0 Å². The number of allylic oxidation sites excluding steroid dienone is 1. The molecule has 0 radical (unpaired) electrons. The Hall–Kier alpha value is -0.380. The van der Waals surface area contributed by atoms with Gasteiger partial charge in [-0.15, -0.1) is 0 Å². The van der Waals surface area contributed by atoms with E-state index < -0.39 is 17.8 Å². The van der Waals surface area contributed by atoms with Crippen LogP contribution in [0, 0.1) is 23.2 Å². The molecule has 5 aliphatic rings. The molecule has 8 atom stereocenters. The first-order chi connectivity index (χ1) is 10.8. The largest absolute Gasteiger partial charge is 0.390 e. The fraction of sp³-hybridized carbons (Fsp3) is 0.900. The zero-order chi connectivity index (χ0) is 16.6. The molecular formula is C20H32O3. The van der Waals surface area contributed by atoms with E-state index in [1.807, 2.05) is 0 Å². The molecule has 8 unspecified atom stereocenters. The third-order valence-corrected chi connectivity index (χ3v) is 7.99. The number of aliphatic hydroxyl groups excluding tert-OH is 2. The minimum Gasteiger partial charge on any atom is -0.390 e. The maximum atomic E-state index is 11.1. The molecule has 0 aromatic heterocycles. The quantitative estimate of drug-likeness (QED) is 0.672. The van der Waals surface area contributed by atoms with Crippen LogP contribution in [0.25, 0.3) is 0 Å². The van der Waals surface area contributed by atoms with Gasteiger partial charge in [-0.3, -0.25) is 0 Å². The smallest absolute Gasteiger partial charge is 0.102 e. The Bertz CT molecular complexity index is 541. The van der Waals surface area contributed by atoms with E-state index in [1.54, 1.807) is 0 Å². The molecule has 2 heterocycles. The Balaban J connectivity index is 1.88. The number of aliphatic hydroxyl groups is 2. The van der Waals surface area contributed by atoms with Crippen LogP contribution in [0.1, 0.15) is 66.2 Å². The summed E-state index contributed by atoms with van der Waals surface area (Å²) in [5.74, 6) is 1.44. The van der Waals surface area contributed by atoms with Crippen LogP contribution in [-0.4, -0.2) is 34.1 Å². The lowest BCUT2D eigenvalue weighted by Crippen LogP contribution is -2.64. The van der Waals surface area contributed by atoms with Crippen molar-refractivity contribution in [2.45, 2.75) is 90.1 Å². The van der Waals surface area contributed by atoms with Gasteiger partial charge < -0.3 is 14.9 Å². The van der Waals surface area contributed by atoms with Crippen molar-refractivity contribution in [3.05, 3.63) is 11.1 Å². The first kappa shape index (κ1) is 16.1. The number of hydrogen-bond acceptors (Lipinski definition) is 3. The van der Waals surface area contributed by atoms with Crippen LogP contribution >= 0.6 is 0 Å². The van der Waals surface area contributed by atoms with Crippen molar-refractivity contribution < 1.29 is 14.9 Å². The highest BCUT2D eigenvalue weighted by molar-refractivity contribution is 5.34. The average Bonchev–Trinajstić information content (AvgIpc) is 2.80. The fourth-order valence-corrected chi connectivity index (χ4v) is 6.46. The van der Waals surface area contributed by atoms with E-state index in [0.29, 0.717) is 17.8 Å². The summed E-state index contributed by atoms with van der Waals surface area (Å²) in [7, 11) is 0. The molecule has 3 aliphatic carbocycles. The van der Waals surface area contributed by atoms with Crippen LogP contribution in [-0.2, 0) is 4.74 Å². The molecule has 0 spiro atoms. The first-order valence-electron chi connectivity index (χ1n) is 9.52. The molecule has 0 aromatic carbocycles. The molecule has 5 rings (SSSR count). The van der Waals surface area contributed by atoms with E-state index in [1.165, 1.54) is 11.1 Å². The third kappa shape index (κ3) is 1.99. The molecular weight excluding hydrogens is 288 g/mol. The van der Waals surface area contributed by atoms with Crippen LogP contribution in [0.3, 0.4) is 0 Å². The molecule has 6 bridgehead atoms. The Labute approximate surface area is 140 Å². The van der Waals surface area contributed by atoms with Gasteiger partial charge in [-0.05, 0) is 75.7 Å². The van der Waals surface area contributed by atoms with E-state index >= 15 is 0 Å². The molecule has 2 saturated heterocycles. The lowest BCUT2D eigenvalue weighted by Gasteiger charge is -2.59. The summed E-state index contributed by atoms with van der Waals surface area (Å²) < 4.78 is 6.57. The summed E-state index contributed by atoms with van der Waals surface area (Å²) in [6, 6.07) is 0. The van der Waals surface area contributed by atoms with Crippen molar-refractivity contribution in [2.24, 2.45) is 23.2 Å². The van der Waals surface area contributed by atoms with E-state index in [4.69, 9.17) is 4.74 Å². The highest BCUT2D eigenvalue weighted by Crippen LogP contribution is 2.65. The van der Waals surface area contributed by atoms with E-state index in [2.05, 4.69) is 27.7 Å². The van der Waals surface area contributed by atoms with Crippen molar-refractivity contribution in [1.29, 1.82) is 0 Å². The molecule has 1 saturated carbocycles. The minimum atomic E-state index is -0.511. The summed E-state index contributed by atoms with van der Waals surface area (Å²) >= 11 is 0. The van der Waals surface area contributed by atoms with Gasteiger partial charge in [0.15, 0.2) is 0 Å². The molecule has 2 aliphatic heterocycles. The van der Waals surface area contributed by atoms with Gasteiger partial charge in [0, 0.05) is 5.41 Å². The topological polar surface area (TPSA) is 49.7 Å². The number of ether oxygens (including phenoxy) is 1. The van der Waals surface area contributed by atoms with Gasteiger partial charge in [-0.1, -0.05) is 19.4 Å². The van der Waals surface area contributed by atoms with Crippen molar-refractivity contribution in [2.75, 3.05) is 0 Å².